The minimum Gasteiger partial charge on any atom is -0.482 e. The van der Waals surface area contributed by atoms with Crippen LogP contribution < -0.4 is 16.2 Å². The smallest absolute Gasteiger partial charge is 0.345 e. The third kappa shape index (κ3) is 9.64. The van der Waals surface area contributed by atoms with E-state index in [1.54, 1.807) is 38.1 Å². The third-order valence-electron chi connectivity index (χ3n) is 2.49. The maximum absolute atomic E-state index is 11.6. The largest absolute Gasteiger partial charge is 0.482 e. The fourth-order valence-electron chi connectivity index (χ4n) is 1.22. The quantitative estimate of drug-likeness (QED) is 0.272. The number of nitrogens with two attached hydrogens (primary N) is 2. The zero-order valence-electron chi connectivity index (χ0n) is 13.3. The summed E-state index contributed by atoms with van der Waals surface area (Å²) in [5.74, 6) is -0.381. The fourth-order valence-corrected chi connectivity index (χ4v) is 1.49. The molecule has 4 N–H and O–H groups in total. The first kappa shape index (κ1) is 22.6. The summed E-state index contributed by atoms with van der Waals surface area (Å²) in [6, 6.07) is 6.53. The second-order valence-corrected chi connectivity index (χ2v) is 7.24. The van der Waals surface area contributed by atoms with Crippen LogP contribution in [0, 0.1) is 0 Å². The Morgan fingerprint density at radius 1 is 1.08 bits per heavy atom. The lowest BCUT2D eigenvalue weighted by Gasteiger charge is -2.07. The summed E-state index contributed by atoms with van der Waals surface area (Å²) in [5.41, 5.74) is 10.4. The molecule has 1 aromatic rings. The summed E-state index contributed by atoms with van der Waals surface area (Å²) < 4.78 is 9.67. The molecule has 0 aliphatic rings. The van der Waals surface area contributed by atoms with Gasteiger partial charge >= 0.3 is 5.97 Å². The average Bonchev–Trinajstić information content (AvgIpc) is 2.53. The molecule has 0 heterocycles. The van der Waals surface area contributed by atoms with Gasteiger partial charge in [0.05, 0.1) is 9.65 Å². The Balaban J connectivity index is 0.000000754. The number of esters is 1. The highest BCUT2D eigenvalue weighted by atomic mass is 79.9. The molecule has 0 saturated heterocycles. The molecule has 0 spiro atoms. The number of rotatable bonds is 7. The van der Waals surface area contributed by atoms with E-state index >= 15 is 0 Å². The molecule has 134 valence electrons. The van der Waals surface area contributed by atoms with Crippen molar-refractivity contribution < 1.29 is 23.9 Å². The first-order valence-electron chi connectivity index (χ1n) is 6.89. The highest BCUT2D eigenvalue weighted by Crippen LogP contribution is 2.15. The van der Waals surface area contributed by atoms with E-state index in [0.717, 1.165) is 0 Å². The molecular formula is C15H20Br2N2O5. The normalized spacial score (nSPS) is 12.2. The van der Waals surface area contributed by atoms with Crippen molar-refractivity contribution in [3.63, 3.8) is 0 Å². The van der Waals surface area contributed by atoms with Crippen molar-refractivity contribution in [3.05, 3.63) is 29.8 Å². The highest BCUT2D eigenvalue weighted by Gasteiger charge is 2.11. The Bertz CT molecular complexity index is 547. The maximum atomic E-state index is 11.6. The van der Waals surface area contributed by atoms with Gasteiger partial charge in [-0.3, -0.25) is 15.3 Å². The molecule has 0 saturated carbocycles. The van der Waals surface area contributed by atoms with E-state index in [0.29, 0.717) is 11.3 Å². The second kappa shape index (κ2) is 12.0. The van der Waals surface area contributed by atoms with Crippen molar-refractivity contribution in [2.24, 2.45) is 11.5 Å². The number of halogens is 2. The van der Waals surface area contributed by atoms with Crippen LogP contribution in [0.15, 0.2) is 24.3 Å². The Kier molecular flexibility index (Phi) is 11.3. The van der Waals surface area contributed by atoms with Crippen molar-refractivity contribution in [2.45, 2.75) is 23.5 Å². The number of carbonyl (C=O) groups excluding carboxylic acids is 3. The predicted molar refractivity (Wildman–Crippen MR) is 97.4 cm³/mol. The molecule has 24 heavy (non-hydrogen) atoms. The molecule has 0 aliphatic carbocycles. The summed E-state index contributed by atoms with van der Waals surface area (Å²) in [6.45, 7) is 3.07. The van der Waals surface area contributed by atoms with Crippen molar-refractivity contribution in [1.82, 2.24) is 0 Å². The van der Waals surface area contributed by atoms with Gasteiger partial charge in [-0.2, -0.15) is 0 Å². The minimum absolute atomic E-state index is 0.0101. The van der Waals surface area contributed by atoms with Gasteiger partial charge in [0.2, 0.25) is 5.91 Å². The lowest BCUT2D eigenvalue weighted by molar-refractivity contribution is -0.145. The SMILES string of the molecule is CC(Br)C(=O)c1ccc(OCC(=O)OCN)cc1.CC(Br)C(N)=O. The second-order valence-electron chi connectivity index (χ2n) is 4.49. The van der Waals surface area contributed by atoms with Gasteiger partial charge in [0.1, 0.15) is 12.5 Å². The van der Waals surface area contributed by atoms with Crippen LogP contribution in [0.25, 0.3) is 0 Å². The molecule has 1 amide bonds. The number of amides is 1. The summed E-state index contributed by atoms with van der Waals surface area (Å²) >= 11 is 6.17. The predicted octanol–water partition coefficient (Wildman–Crippen LogP) is 1.75. The molecule has 2 unspecified atom stereocenters. The van der Waals surface area contributed by atoms with E-state index in [9.17, 15) is 14.4 Å². The lowest BCUT2D eigenvalue weighted by Crippen LogP contribution is -2.19. The van der Waals surface area contributed by atoms with E-state index in [4.69, 9.17) is 16.2 Å². The van der Waals surface area contributed by atoms with Crippen LogP contribution in [0.1, 0.15) is 24.2 Å². The number of alkyl halides is 2. The molecule has 0 radical (unpaired) electrons. The van der Waals surface area contributed by atoms with Crippen LogP contribution in [0.2, 0.25) is 0 Å². The van der Waals surface area contributed by atoms with Gasteiger partial charge in [0.25, 0.3) is 0 Å². The fraction of sp³-hybridized carbons (Fsp3) is 0.400. The van der Waals surface area contributed by atoms with Gasteiger partial charge < -0.3 is 15.2 Å². The van der Waals surface area contributed by atoms with Gasteiger partial charge in [-0.25, -0.2) is 4.79 Å². The summed E-state index contributed by atoms with van der Waals surface area (Å²) in [6.07, 6.45) is 0. The van der Waals surface area contributed by atoms with Crippen LogP contribution in [-0.2, 0) is 14.3 Å². The zero-order valence-corrected chi connectivity index (χ0v) is 16.5. The van der Waals surface area contributed by atoms with Crippen molar-refractivity contribution in [2.75, 3.05) is 13.3 Å². The topological polar surface area (TPSA) is 122 Å². The molecule has 9 heteroatoms. The molecule has 0 fully saturated rings. The molecular weight excluding hydrogens is 448 g/mol. The Labute approximate surface area is 157 Å². The standard InChI is InChI=1S/C12H14BrNO4.C3H6BrNO/c1-8(13)12(16)9-2-4-10(5-3-9)17-6-11(15)18-7-14;1-2(4)3(5)6/h2-5,8H,6-7,14H2,1H3;2H,1H3,(H2,5,6). The molecule has 2 atom stereocenters. The van der Waals surface area contributed by atoms with Crippen LogP contribution in [0.5, 0.6) is 5.75 Å². The minimum atomic E-state index is -0.535. The van der Waals surface area contributed by atoms with E-state index in [1.165, 1.54) is 0 Å². The summed E-state index contributed by atoms with van der Waals surface area (Å²) in [5, 5.41) is 0. The van der Waals surface area contributed by atoms with Crippen LogP contribution in [-0.4, -0.2) is 40.7 Å². The number of carbonyl (C=O) groups is 3. The molecule has 1 aromatic carbocycles. The number of primary amides is 1. The number of Topliss-reactive ketones (excluding diaryl/α,β-unsaturated/α-hetero) is 1. The van der Waals surface area contributed by atoms with Gasteiger partial charge in [-0.1, -0.05) is 31.9 Å². The first-order chi connectivity index (χ1) is 11.2. The molecule has 0 bridgehead atoms. The number of ketones is 1. The average molecular weight is 468 g/mol. The Morgan fingerprint density at radius 2 is 1.58 bits per heavy atom. The van der Waals surface area contributed by atoms with E-state index in [2.05, 4.69) is 36.6 Å². The highest BCUT2D eigenvalue weighted by molar-refractivity contribution is 9.10. The van der Waals surface area contributed by atoms with E-state index < -0.39 is 5.97 Å². The summed E-state index contributed by atoms with van der Waals surface area (Å²) in [7, 11) is 0. The first-order valence-corrected chi connectivity index (χ1v) is 8.72. The van der Waals surface area contributed by atoms with Crippen LogP contribution >= 0.6 is 31.9 Å². The monoisotopic (exact) mass is 466 g/mol. The number of ether oxygens (including phenoxy) is 2. The molecule has 1 rings (SSSR count). The van der Waals surface area contributed by atoms with Gasteiger partial charge in [0, 0.05) is 5.56 Å². The van der Waals surface area contributed by atoms with E-state index in [1.807, 2.05) is 0 Å². The molecule has 0 aromatic heterocycles. The van der Waals surface area contributed by atoms with Crippen LogP contribution in [0.4, 0.5) is 0 Å². The Morgan fingerprint density at radius 3 is 1.96 bits per heavy atom. The van der Waals surface area contributed by atoms with Gasteiger partial charge in [0.15, 0.2) is 12.4 Å². The lowest BCUT2D eigenvalue weighted by atomic mass is 10.1. The maximum Gasteiger partial charge on any atom is 0.345 e. The summed E-state index contributed by atoms with van der Waals surface area (Å²) in [4.78, 5) is 32.1. The zero-order chi connectivity index (χ0) is 18.7. The third-order valence-corrected chi connectivity index (χ3v) is 3.36. The Hall–Kier alpha value is -1.45. The number of hydrogen-bond acceptors (Lipinski definition) is 6. The van der Waals surface area contributed by atoms with Crippen LogP contribution in [0.3, 0.4) is 0 Å². The van der Waals surface area contributed by atoms with Gasteiger partial charge in [-0.05, 0) is 38.1 Å². The van der Waals surface area contributed by atoms with Crippen molar-refractivity contribution in [1.29, 1.82) is 0 Å². The molecule has 0 aliphatic heterocycles. The number of benzene rings is 1. The molecule has 7 nitrogen and oxygen atoms in total. The van der Waals surface area contributed by atoms with Crippen molar-refractivity contribution >= 4 is 49.5 Å². The van der Waals surface area contributed by atoms with Gasteiger partial charge in [-0.15, -0.1) is 0 Å². The number of hydrogen-bond donors (Lipinski definition) is 2. The van der Waals surface area contributed by atoms with E-state index in [-0.39, 0.29) is 34.7 Å². The van der Waals surface area contributed by atoms with Crippen molar-refractivity contribution in [3.8, 4) is 5.75 Å².